The predicted molar refractivity (Wildman–Crippen MR) is 46.3 cm³/mol. The summed E-state index contributed by atoms with van der Waals surface area (Å²) < 4.78 is 20.7. The average molecular weight is 184 g/mol. The summed E-state index contributed by atoms with van der Waals surface area (Å²) in [6.07, 6.45) is 4.28. The molecule has 0 saturated heterocycles. The quantitative estimate of drug-likeness (QED) is 0.376. The number of rotatable bonds is 4. The predicted octanol–water partition coefficient (Wildman–Crippen LogP) is 1.44. The Morgan fingerprint density at radius 3 is 3.00 bits per heavy atom. The van der Waals surface area contributed by atoms with Crippen molar-refractivity contribution < 1.29 is 14.0 Å². The molecular formula is C7H10BO3P. The van der Waals surface area contributed by atoms with E-state index < -0.39 is 11.8 Å². The fourth-order valence-electron chi connectivity index (χ4n) is 1.07. The third-order valence-corrected chi connectivity index (χ3v) is 1.96. The van der Waals surface area contributed by atoms with Crippen LogP contribution < -0.4 is 0 Å². The summed E-state index contributed by atoms with van der Waals surface area (Å²) in [6.45, 7) is 1.92. The lowest BCUT2D eigenvalue weighted by Crippen LogP contribution is -2.31. The van der Waals surface area contributed by atoms with Crippen molar-refractivity contribution in [2.45, 2.75) is 25.1 Å². The van der Waals surface area contributed by atoms with E-state index in [0.717, 1.165) is 0 Å². The van der Waals surface area contributed by atoms with E-state index in [2.05, 4.69) is 0 Å². The highest BCUT2D eigenvalue weighted by atomic mass is 31.1. The first kappa shape index (κ1) is 9.91. The van der Waals surface area contributed by atoms with Gasteiger partial charge in [-0.15, -0.1) is 0 Å². The molecule has 1 rings (SSSR count). The maximum absolute atomic E-state index is 10.2. The molecule has 1 aliphatic heterocycles. The summed E-state index contributed by atoms with van der Waals surface area (Å²) in [5, 5.41) is 0. The maximum atomic E-state index is 10.2. The first-order chi connectivity index (χ1) is 5.72. The van der Waals surface area contributed by atoms with E-state index in [9.17, 15) is 4.57 Å². The molecule has 0 aliphatic carbocycles. The van der Waals surface area contributed by atoms with Gasteiger partial charge in [-0.1, -0.05) is 13.0 Å². The minimum absolute atomic E-state index is 0.0449. The molecule has 0 amide bonds. The lowest BCUT2D eigenvalue weighted by molar-refractivity contribution is -0.184. The number of ether oxygens (including phenoxy) is 2. The SMILES string of the molecule is [B]C1C=CC(CC)(OCP=O)O1. The molecule has 64 valence electrons. The summed E-state index contributed by atoms with van der Waals surface area (Å²) in [5.41, 5.74) is 0. The summed E-state index contributed by atoms with van der Waals surface area (Å²) in [4.78, 5) is 0. The van der Waals surface area contributed by atoms with Gasteiger partial charge in [0.05, 0.1) is 0 Å². The van der Waals surface area contributed by atoms with Crippen LogP contribution in [-0.4, -0.2) is 26.0 Å². The molecule has 12 heavy (non-hydrogen) atoms. The number of hydrogen-bond donors (Lipinski definition) is 0. The fraction of sp³-hybridized carbons (Fsp3) is 0.714. The second-order valence-corrected chi connectivity index (χ2v) is 3.03. The minimum Gasteiger partial charge on any atom is -0.349 e. The minimum atomic E-state index is -0.753. The first-order valence-corrected chi connectivity index (χ1v) is 4.78. The van der Waals surface area contributed by atoms with Crippen LogP contribution in [0, 0.1) is 0 Å². The Bertz CT molecular complexity index is 197. The van der Waals surface area contributed by atoms with Crippen molar-refractivity contribution in [1.82, 2.24) is 0 Å². The molecular weight excluding hydrogens is 174 g/mol. The van der Waals surface area contributed by atoms with Gasteiger partial charge in [0.2, 0.25) is 0 Å². The van der Waals surface area contributed by atoms with Crippen molar-refractivity contribution in [3.8, 4) is 0 Å². The molecule has 1 heterocycles. The Labute approximate surface area is 74.7 Å². The monoisotopic (exact) mass is 184 g/mol. The van der Waals surface area contributed by atoms with Crippen molar-refractivity contribution in [2.75, 3.05) is 6.35 Å². The Hall–Kier alpha value is -0.175. The van der Waals surface area contributed by atoms with Crippen molar-refractivity contribution in [1.29, 1.82) is 0 Å². The van der Waals surface area contributed by atoms with E-state index >= 15 is 0 Å². The van der Waals surface area contributed by atoms with Gasteiger partial charge in [0.1, 0.15) is 14.2 Å². The zero-order chi connectivity index (χ0) is 9.03. The molecule has 0 fully saturated rings. The van der Waals surface area contributed by atoms with Gasteiger partial charge in [0.25, 0.3) is 0 Å². The molecule has 3 nitrogen and oxygen atoms in total. The summed E-state index contributed by atoms with van der Waals surface area (Å²) in [7, 11) is 5.44. The lowest BCUT2D eigenvalue weighted by atomic mass is 10.0. The molecule has 1 aliphatic rings. The van der Waals surface area contributed by atoms with E-state index in [1.165, 1.54) is 0 Å². The largest absolute Gasteiger partial charge is 0.349 e. The lowest BCUT2D eigenvalue weighted by Gasteiger charge is -2.26. The van der Waals surface area contributed by atoms with Crippen LogP contribution in [0.3, 0.4) is 0 Å². The zero-order valence-corrected chi connectivity index (χ0v) is 7.79. The highest BCUT2D eigenvalue weighted by Crippen LogP contribution is 2.27. The van der Waals surface area contributed by atoms with Crippen molar-refractivity contribution in [3.05, 3.63) is 12.2 Å². The Kier molecular flexibility index (Phi) is 3.45. The summed E-state index contributed by atoms with van der Waals surface area (Å²) >= 11 is 0. The van der Waals surface area contributed by atoms with Crippen LogP contribution in [-0.2, 0) is 14.0 Å². The normalized spacial score (nSPS) is 34.6. The average Bonchev–Trinajstić information content (AvgIpc) is 2.45. The molecule has 0 aromatic carbocycles. The van der Waals surface area contributed by atoms with Crippen LogP contribution in [0.4, 0.5) is 0 Å². The standard InChI is InChI=1S/C7H10BO3P/c1-2-7(10-5-12-9)4-3-6(8)11-7/h3-4,6H,2,5H2,1H3. The first-order valence-electron chi connectivity index (χ1n) is 3.78. The third-order valence-electron chi connectivity index (χ3n) is 1.73. The summed E-state index contributed by atoms with van der Waals surface area (Å²) in [5.74, 6) is -0.753. The second-order valence-electron chi connectivity index (χ2n) is 2.51. The van der Waals surface area contributed by atoms with Gasteiger partial charge < -0.3 is 9.47 Å². The van der Waals surface area contributed by atoms with Gasteiger partial charge in [-0.05, 0) is 6.08 Å². The molecule has 2 atom stereocenters. The third kappa shape index (κ3) is 2.16. The second kappa shape index (κ2) is 4.17. The molecule has 2 radical (unpaired) electrons. The van der Waals surface area contributed by atoms with Crippen LogP contribution >= 0.6 is 8.46 Å². The molecule has 0 N–H and O–H groups in total. The Balaban J connectivity index is 2.53. The molecule has 0 saturated carbocycles. The Morgan fingerprint density at radius 1 is 1.83 bits per heavy atom. The Morgan fingerprint density at radius 2 is 2.58 bits per heavy atom. The van der Waals surface area contributed by atoms with E-state index in [1.54, 1.807) is 12.2 Å². The summed E-state index contributed by atoms with van der Waals surface area (Å²) in [6, 6.07) is -0.409. The van der Waals surface area contributed by atoms with Gasteiger partial charge in [0.15, 0.2) is 14.2 Å². The zero-order valence-electron chi connectivity index (χ0n) is 6.90. The molecule has 5 heteroatoms. The van der Waals surface area contributed by atoms with Crippen LogP contribution in [0.1, 0.15) is 13.3 Å². The van der Waals surface area contributed by atoms with E-state index in [1.807, 2.05) is 6.92 Å². The molecule has 0 spiro atoms. The topological polar surface area (TPSA) is 35.5 Å². The van der Waals surface area contributed by atoms with Crippen LogP contribution in [0.25, 0.3) is 0 Å². The van der Waals surface area contributed by atoms with Gasteiger partial charge in [-0.3, -0.25) is 4.57 Å². The molecule has 0 aromatic rings. The highest BCUT2D eigenvalue weighted by molar-refractivity contribution is 7.23. The molecule has 0 bridgehead atoms. The smallest absolute Gasteiger partial charge is 0.188 e. The highest BCUT2D eigenvalue weighted by Gasteiger charge is 2.32. The van der Waals surface area contributed by atoms with Gasteiger partial charge >= 0.3 is 0 Å². The van der Waals surface area contributed by atoms with E-state index in [-0.39, 0.29) is 14.8 Å². The molecule has 2 unspecified atom stereocenters. The van der Waals surface area contributed by atoms with Crippen LogP contribution in [0.5, 0.6) is 0 Å². The fourth-order valence-corrected chi connectivity index (χ4v) is 1.34. The van der Waals surface area contributed by atoms with Gasteiger partial charge in [0, 0.05) is 12.4 Å². The van der Waals surface area contributed by atoms with Crippen LogP contribution in [0.2, 0.25) is 0 Å². The van der Waals surface area contributed by atoms with Crippen LogP contribution in [0.15, 0.2) is 12.2 Å². The van der Waals surface area contributed by atoms with Gasteiger partial charge in [-0.2, -0.15) is 0 Å². The maximum Gasteiger partial charge on any atom is 0.188 e. The van der Waals surface area contributed by atoms with Gasteiger partial charge in [-0.25, -0.2) is 0 Å². The number of hydrogen-bond acceptors (Lipinski definition) is 3. The van der Waals surface area contributed by atoms with Crippen molar-refractivity contribution in [2.24, 2.45) is 0 Å². The van der Waals surface area contributed by atoms with Crippen molar-refractivity contribution in [3.63, 3.8) is 0 Å². The van der Waals surface area contributed by atoms with Crippen molar-refractivity contribution >= 4 is 16.3 Å². The van der Waals surface area contributed by atoms with E-state index in [0.29, 0.717) is 6.42 Å². The van der Waals surface area contributed by atoms with E-state index in [4.69, 9.17) is 17.3 Å². The molecule has 0 aromatic heterocycles.